The van der Waals surface area contributed by atoms with Crippen LogP contribution in [0.1, 0.15) is 57.6 Å². The second-order valence-electron chi connectivity index (χ2n) is 10.7. The quantitative estimate of drug-likeness (QED) is 0.237. The number of unbranched alkanes of at least 4 members (excludes halogenated alkanes) is 1. The first-order chi connectivity index (χ1) is 18.7. The lowest BCUT2D eigenvalue weighted by Crippen LogP contribution is -2.58. The van der Waals surface area contributed by atoms with Crippen molar-refractivity contribution in [1.82, 2.24) is 15.2 Å². The molecule has 0 radical (unpaired) electrons. The maximum atomic E-state index is 14.3. The van der Waals surface area contributed by atoms with Gasteiger partial charge < -0.3 is 26.7 Å². The number of rotatable bonds is 15. The van der Waals surface area contributed by atoms with Gasteiger partial charge in [-0.25, -0.2) is 0 Å². The van der Waals surface area contributed by atoms with E-state index in [9.17, 15) is 14.4 Å². The Morgan fingerprint density at radius 3 is 2.38 bits per heavy atom. The number of H-pyrrole nitrogens is 1. The number of nitrogens with zero attached hydrogens (tertiary/aromatic N) is 1. The van der Waals surface area contributed by atoms with Crippen molar-refractivity contribution < 1.29 is 14.4 Å². The van der Waals surface area contributed by atoms with Crippen molar-refractivity contribution in [2.75, 3.05) is 6.54 Å². The third-order valence-electron chi connectivity index (χ3n) is 7.09. The van der Waals surface area contributed by atoms with E-state index in [1.165, 1.54) is 0 Å². The fourth-order valence-corrected chi connectivity index (χ4v) is 4.91. The highest BCUT2D eigenvalue weighted by atomic mass is 16.2. The first kappa shape index (κ1) is 29.9. The van der Waals surface area contributed by atoms with Crippen LogP contribution in [0.4, 0.5) is 0 Å². The lowest BCUT2D eigenvalue weighted by Gasteiger charge is -2.34. The summed E-state index contributed by atoms with van der Waals surface area (Å²) in [5.74, 6) is -1.12. The van der Waals surface area contributed by atoms with E-state index >= 15 is 0 Å². The van der Waals surface area contributed by atoms with Crippen LogP contribution in [0.25, 0.3) is 10.9 Å². The molecule has 2 aromatic carbocycles. The SMILES string of the molecule is CCCC[C@H](N)C(=O)N[C@@H](Cc1c[nH]c2ccccc12)C(=O)N(CCc1ccccc1)[C@@H](CC(C)C)C(N)=O. The average molecular weight is 534 g/mol. The van der Waals surface area contributed by atoms with Crippen LogP contribution < -0.4 is 16.8 Å². The maximum Gasteiger partial charge on any atom is 0.246 e. The van der Waals surface area contributed by atoms with Crippen LogP contribution in [0.2, 0.25) is 0 Å². The summed E-state index contributed by atoms with van der Waals surface area (Å²) in [7, 11) is 0. The molecule has 6 N–H and O–H groups in total. The number of hydrogen-bond acceptors (Lipinski definition) is 4. The third-order valence-corrected chi connectivity index (χ3v) is 7.09. The number of aromatic nitrogens is 1. The summed E-state index contributed by atoms with van der Waals surface area (Å²) in [6, 6.07) is 15.2. The average Bonchev–Trinajstić information content (AvgIpc) is 3.33. The van der Waals surface area contributed by atoms with Crippen molar-refractivity contribution in [3.63, 3.8) is 0 Å². The molecule has 0 spiro atoms. The molecule has 1 aromatic heterocycles. The van der Waals surface area contributed by atoms with Crippen LogP contribution in [-0.2, 0) is 27.2 Å². The fraction of sp³-hybridized carbons (Fsp3) is 0.452. The number of nitrogens with two attached hydrogens (primary N) is 2. The number of amides is 3. The Balaban J connectivity index is 1.96. The third kappa shape index (κ3) is 8.42. The molecule has 39 heavy (non-hydrogen) atoms. The lowest BCUT2D eigenvalue weighted by molar-refractivity contribution is -0.143. The molecule has 0 unspecified atom stereocenters. The van der Waals surface area contributed by atoms with Crippen LogP contribution in [0.15, 0.2) is 60.8 Å². The van der Waals surface area contributed by atoms with Gasteiger partial charge >= 0.3 is 0 Å². The van der Waals surface area contributed by atoms with Crippen LogP contribution in [-0.4, -0.2) is 52.3 Å². The predicted molar refractivity (Wildman–Crippen MR) is 156 cm³/mol. The summed E-state index contributed by atoms with van der Waals surface area (Å²) in [6.07, 6.45) is 5.37. The highest BCUT2D eigenvalue weighted by Crippen LogP contribution is 2.21. The van der Waals surface area contributed by atoms with Crippen molar-refractivity contribution in [3.8, 4) is 0 Å². The van der Waals surface area contributed by atoms with Gasteiger partial charge in [0.2, 0.25) is 17.7 Å². The van der Waals surface area contributed by atoms with Crippen LogP contribution in [0.5, 0.6) is 0 Å². The van der Waals surface area contributed by atoms with Gasteiger partial charge in [0, 0.05) is 30.1 Å². The van der Waals surface area contributed by atoms with Gasteiger partial charge in [-0.3, -0.25) is 14.4 Å². The van der Waals surface area contributed by atoms with Gasteiger partial charge in [0.05, 0.1) is 6.04 Å². The van der Waals surface area contributed by atoms with E-state index in [1.54, 1.807) is 4.90 Å². The first-order valence-corrected chi connectivity index (χ1v) is 14.0. The van der Waals surface area contributed by atoms with E-state index in [-0.39, 0.29) is 24.2 Å². The zero-order valence-corrected chi connectivity index (χ0v) is 23.4. The monoisotopic (exact) mass is 533 g/mol. The number of fused-ring (bicyclic) bond motifs is 1. The predicted octanol–water partition coefficient (Wildman–Crippen LogP) is 3.68. The Morgan fingerprint density at radius 1 is 1.03 bits per heavy atom. The standard InChI is InChI=1S/C31H43N5O3/c1-4-5-14-25(32)30(38)35-27(19-23-20-34-26-15-10-9-13-24(23)26)31(39)36(28(29(33)37)18-21(2)3)17-16-22-11-7-6-8-12-22/h6-13,15,20-21,25,27-28,34H,4-5,14,16-19,32H2,1-3H3,(H2,33,37)(H,35,38)/t25-,27-,28-/m0/s1. The Bertz CT molecular complexity index is 1220. The zero-order chi connectivity index (χ0) is 28.4. The number of carbonyl (C=O) groups excluding carboxylic acids is 3. The summed E-state index contributed by atoms with van der Waals surface area (Å²) in [5.41, 5.74) is 14.9. The molecule has 3 atom stereocenters. The van der Waals surface area contributed by atoms with E-state index in [0.29, 0.717) is 25.8 Å². The highest BCUT2D eigenvalue weighted by molar-refractivity contribution is 5.93. The summed E-state index contributed by atoms with van der Waals surface area (Å²) >= 11 is 0. The number of para-hydroxylation sites is 1. The molecule has 1 heterocycles. The first-order valence-electron chi connectivity index (χ1n) is 14.0. The summed E-state index contributed by atoms with van der Waals surface area (Å²) in [6.45, 7) is 6.32. The number of aromatic amines is 1. The summed E-state index contributed by atoms with van der Waals surface area (Å²) in [4.78, 5) is 44.9. The summed E-state index contributed by atoms with van der Waals surface area (Å²) in [5, 5.41) is 3.91. The van der Waals surface area contributed by atoms with Gasteiger partial charge in [0.25, 0.3) is 0 Å². The normalized spacial score (nSPS) is 13.7. The van der Waals surface area contributed by atoms with E-state index in [1.807, 2.05) is 81.6 Å². The molecule has 3 amide bonds. The molecule has 3 aromatic rings. The molecule has 0 aliphatic carbocycles. The molecule has 210 valence electrons. The Labute approximate surface area is 231 Å². The maximum absolute atomic E-state index is 14.3. The lowest BCUT2D eigenvalue weighted by atomic mass is 9.98. The topological polar surface area (TPSA) is 134 Å². The van der Waals surface area contributed by atoms with E-state index in [4.69, 9.17) is 11.5 Å². The van der Waals surface area contributed by atoms with Crippen molar-refractivity contribution >= 4 is 28.6 Å². The van der Waals surface area contributed by atoms with E-state index < -0.39 is 24.0 Å². The summed E-state index contributed by atoms with van der Waals surface area (Å²) < 4.78 is 0. The van der Waals surface area contributed by atoms with Crippen molar-refractivity contribution in [2.24, 2.45) is 17.4 Å². The zero-order valence-electron chi connectivity index (χ0n) is 23.4. The molecule has 0 fully saturated rings. The fourth-order valence-electron chi connectivity index (χ4n) is 4.91. The van der Waals surface area contributed by atoms with Gasteiger partial charge in [0.1, 0.15) is 12.1 Å². The van der Waals surface area contributed by atoms with Crippen LogP contribution >= 0.6 is 0 Å². The molecule has 8 nitrogen and oxygen atoms in total. The van der Waals surface area contributed by atoms with Gasteiger partial charge in [-0.2, -0.15) is 0 Å². The van der Waals surface area contributed by atoms with Gasteiger partial charge in [0.15, 0.2) is 0 Å². The van der Waals surface area contributed by atoms with Gasteiger partial charge in [-0.1, -0.05) is 82.1 Å². The smallest absolute Gasteiger partial charge is 0.246 e. The molecular weight excluding hydrogens is 490 g/mol. The van der Waals surface area contributed by atoms with E-state index in [2.05, 4.69) is 10.3 Å². The molecular formula is C31H43N5O3. The Morgan fingerprint density at radius 2 is 1.72 bits per heavy atom. The number of carbonyl (C=O) groups is 3. The number of benzene rings is 2. The molecule has 0 aliphatic rings. The molecule has 3 rings (SSSR count). The number of hydrogen-bond donors (Lipinski definition) is 4. The van der Waals surface area contributed by atoms with Gasteiger partial charge in [-0.05, 0) is 42.4 Å². The second-order valence-corrected chi connectivity index (χ2v) is 10.7. The Kier molecular flexibility index (Phi) is 11.1. The second kappa shape index (κ2) is 14.5. The minimum absolute atomic E-state index is 0.138. The van der Waals surface area contributed by atoms with Crippen molar-refractivity contribution in [3.05, 3.63) is 71.9 Å². The minimum Gasteiger partial charge on any atom is -0.368 e. The van der Waals surface area contributed by atoms with Crippen molar-refractivity contribution in [1.29, 1.82) is 0 Å². The van der Waals surface area contributed by atoms with Crippen LogP contribution in [0, 0.1) is 5.92 Å². The van der Waals surface area contributed by atoms with E-state index in [0.717, 1.165) is 34.9 Å². The Hall–Kier alpha value is -3.65. The number of primary amides is 1. The molecule has 0 saturated heterocycles. The van der Waals surface area contributed by atoms with Crippen molar-refractivity contribution in [2.45, 2.75) is 77.4 Å². The molecule has 0 saturated carbocycles. The largest absolute Gasteiger partial charge is 0.368 e. The molecule has 0 bridgehead atoms. The van der Waals surface area contributed by atoms with Crippen LogP contribution in [0.3, 0.4) is 0 Å². The highest BCUT2D eigenvalue weighted by Gasteiger charge is 2.35. The number of nitrogens with one attached hydrogen (secondary N) is 2. The molecule has 8 heteroatoms. The minimum atomic E-state index is -0.908. The van der Waals surface area contributed by atoms with Gasteiger partial charge in [-0.15, -0.1) is 0 Å². The molecule has 0 aliphatic heterocycles.